The molecule has 1 saturated carbocycles. The highest BCUT2D eigenvalue weighted by molar-refractivity contribution is 5.75. The van der Waals surface area contributed by atoms with Crippen LogP contribution in [0, 0.1) is 5.41 Å². The molecule has 3 nitrogen and oxygen atoms in total. The van der Waals surface area contributed by atoms with Gasteiger partial charge in [-0.25, -0.2) is 0 Å². The van der Waals surface area contributed by atoms with Crippen molar-refractivity contribution in [2.75, 3.05) is 6.61 Å². The van der Waals surface area contributed by atoms with Gasteiger partial charge in [0.15, 0.2) is 0 Å². The summed E-state index contributed by atoms with van der Waals surface area (Å²) in [6.45, 7) is 0.106. The first-order valence-electron chi connectivity index (χ1n) is 4.05. The molecule has 0 unspecified atom stereocenters. The molecule has 1 fully saturated rings. The van der Waals surface area contributed by atoms with Crippen LogP contribution in [0.4, 0.5) is 0 Å². The first-order valence-corrected chi connectivity index (χ1v) is 4.05. The van der Waals surface area contributed by atoms with Crippen LogP contribution < -0.4 is 0 Å². The van der Waals surface area contributed by atoms with Crippen molar-refractivity contribution in [3.63, 3.8) is 0 Å². The third-order valence-electron chi connectivity index (χ3n) is 2.58. The summed E-state index contributed by atoms with van der Waals surface area (Å²) in [5, 5.41) is 17.4. The molecule has 11 heavy (non-hydrogen) atoms. The van der Waals surface area contributed by atoms with Gasteiger partial charge < -0.3 is 10.2 Å². The molecule has 0 aromatic rings. The predicted octanol–water partition coefficient (Wildman–Crippen LogP) is 1.01. The van der Waals surface area contributed by atoms with Gasteiger partial charge in [-0.1, -0.05) is 6.42 Å². The number of aliphatic hydroxyl groups excluding tert-OH is 1. The van der Waals surface area contributed by atoms with E-state index in [9.17, 15) is 4.79 Å². The van der Waals surface area contributed by atoms with Gasteiger partial charge in [0, 0.05) is 6.61 Å². The van der Waals surface area contributed by atoms with Crippen molar-refractivity contribution in [3.05, 3.63) is 0 Å². The average molecular weight is 158 g/mol. The lowest BCUT2D eigenvalue weighted by Gasteiger charge is -2.37. The van der Waals surface area contributed by atoms with E-state index < -0.39 is 11.4 Å². The van der Waals surface area contributed by atoms with Crippen LogP contribution >= 0.6 is 0 Å². The third-order valence-corrected chi connectivity index (χ3v) is 2.58. The Balaban J connectivity index is 2.40. The quantitative estimate of drug-likeness (QED) is 0.642. The van der Waals surface area contributed by atoms with Gasteiger partial charge in [0.25, 0.3) is 0 Å². The fraction of sp³-hybridized carbons (Fsp3) is 0.875. The zero-order chi connectivity index (χ0) is 8.32. The van der Waals surface area contributed by atoms with Crippen LogP contribution in [0.3, 0.4) is 0 Å². The summed E-state index contributed by atoms with van der Waals surface area (Å²) in [5.41, 5.74) is -0.470. The van der Waals surface area contributed by atoms with Crippen LogP contribution in [0.5, 0.6) is 0 Å². The van der Waals surface area contributed by atoms with E-state index in [1.807, 2.05) is 0 Å². The highest BCUT2D eigenvalue weighted by atomic mass is 16.4. The standard InChI is InChI=1S/C8H14O3/c9-6-2-5-8(7(10)11)3-1-4-8/h9H,1-6H2,(H,10,11). The fourth-order valence-corrected chi connectivity index (χ4v) is 1.59. The molecule has 1 aliphatic rings. The summed E-state index contributed by atoms with van der Waals surface area (Å²) in [4.78, 5) is 10.7. The fourth-order valence-electron chi connectivity index (χ4n) is 1.59. The molecule has 3 heteroatoms. The van der Waals surface area contributed by atoms with Crippen LogP contribution in [0.25, 0.3) is 0 Å². The molecule has 64 valence electrons. The lowest BCUT2D eigenvalue weighted by atomic mass is 9.66. The van der Waals surface area contributed by atoms with E-state index in [1.165, 1.54) is 0 Å². The highest BCUT2D eigenvalue weighted by Crippen LogP contribution is 2.44. The Kier molecular flexibility index (Phi) is 2.49. The van der Waals surface area contributed by atoms with Crippen molar-refractivity contribution >= 4 is 5.97 Å². The first kappa shape index (κ1) is 8.53. The molecule has 0 amide bonds. The molecular weight excluding hydrogens is 144 g/mol. The summed E-state index contributed by atoms with van der Waals surface area (Å²) >= 11 is 0. The predicted molar refractivity (Wildman–Crippen MR) is 40.2 cm³/mol. The molecule has 0 saturated heterocycles. The Bertz CT molecular complexity index is 149. The van der Waals surface area contributed by atoms with Gasteiger partial charge in [-0.2, -0.15) is 0 Å². The summed E-state index contributed by atoms with van der Waals surface area (Å²) in [7, 11) is 0. The van der Waals surface area contributed by atoms with Gasteiger partial charge in [-0.3, -0.25) is 4.79 Å². The topological polar surface area (TPSA) is 57.5 Å². The zero-order valence-electron chi connectivity index (χ0n) is 6.55. The van der Waals surface area contributed by atoms with Gasteiger partial charge >= 0.3 is 5.97 Å². The third kappa shape index (κ3) is 1.53. The van der Waals surface area contributed by atoms with Crippen LogP contribution in [0.1, 0.15) is 32.1 Å². The van der Waals surface area contributed by atoms with Crippen molar-refractivity contribution in [3.8, 4) is 0 Å². The Morgan fingerprint density at radius 1 is 1.45 bits per heavy atom. The summed E-state index contributed by atoms with van der Waals surface area (Å²) in [6, 6.07) is 0. The van der Waals surface area contributed by atoms with Crippen LogP contribution in [-0.2, 0) is 4.79 Å². The molecule has 2 N–H and O–H groups in total. The molecule has 0 aliphatic heterocycles. The van der Waals surface area contributed by atoms with Crippen molar-refractivity contribution in [2.45, 2.75) is 32.1 Å². The van der Waals surface area contributed by atoms with E-state index in [4.69, 9.17) is 10.2 Å². The second kappa shape index (κ2) is 3.22. The maximum absolute atomic E-state index is 10.7. The minimum atomic E-state index is -0.683. The van der Waals surface area contributed by atoms with Gasteiger partial charge in [0.2, 0.25) is 0 Å². The minimum Gasteiger partial charge on any atom is -0.481 e. The number of aliphatic hydroxyl groups is 1. The van der Waals surface area contributed by atoms with Crippen LogP contribution in [-0.4, -0.2) is 22.8 Å². The first-order chi connectivity index (χ1) is 5.21. The summed E-state index contributed by atoms with van der Waals surface area (Å²) in [5.74, 6) is -0.683. The maximum atomic E-state index is 10.7. The zero-order valence-corrected chi connectivity index (χ0v) is 6.55. The molecule has 0 spiro atoms. The highest BCUT2D eigenvalue weighted by Gasteiger charge is 2.43. The molecule has 1 aliphatic carbocycles. The van der Waals surface area contributed by atoms with E-state index in [2.05, 4.69) is 0 Å². The molecule has 0 aromatic carbocycles. The second-order valence-electron chi connectivity index (χ2n) is 3.27. The van der Waals surface area contributed by atoms with Gasteiger partial charge in [-0.05, 0) is 25.7 Å². The van der Waals surface area contributed by atoms with E-state index >= 15 is 0 Å². The van der Waals surface area contributed by atoms with E-state index in [0.717, 1.165) is 19.3 Å². The average Bonchev–Trinajstić information content (AvgIpc) is 1.85. The van der Waals surface area contributed by atoms with Crippen LogP contribution in [0.15, 0.2) is 0 Å². The van der Waals surface area contributed by atoms with Crippen molar-refractivity contribution in [1.82, 2.24) is 0 Å². The normalized spacial score (nSPS) is 20.8. The van der Waals surface area contributed by atoms with Gasteiger partial charge in [0.1, 0.15) is 0 Å². The van der Waals surface area contributed by atoms with E-state index in [0.29, 0.717) is 12.8 Å². The Morgan fingerprint density at radius 3 is 2.36 bits per heavy atom. The number of carboxylic acid groups (broad SMARTS) is 1. The largest absolute Gasteiger partial charge is 0.481 e. The monoisotopic (exact) mass is 158 g/mol. The molecule has 0 aromatic heterocycles. The maximum Gasteiger partial charge on any atom is 0.309 e. The molecule has 1 rings (SSSR count). The lowest BCUT2D eigenvalue weighted by molar-refractivity contribution is -0.155. The number of carboxylic acids is 1. The second-order valence-corrected chi connectivity index (χ2v) is 3.27. The van der Waals surface area contributed by atoms with E-state index in [1.54, 1.807) is 0 Å². The number of hydrogen-bond acceptors (Lipinski definition) is 2. The van der Waals surface area contributed by atoms with Gasteiger partial charge in [-0.15, -0.1) is 0 Å². The van der Waals surface area contributed by atoms with E-state index in [-0.39, 0.29) is 6.61 Å². The van der Waals surface area contributed by atoms with Crippen molar-refractivity contribution in [2.24, 2.45) is 5.41 Å². The van der Waals surface area contributed by atoms with Crippen molar-refractivity contribution < 1.29 is 15.0 Å². The van der Waals surface area contributed by atoms with Crippen LogP contribution in [0.2, 0.25) is 0 Å². The number of aliphatic carboxylic acids is 1. The SMILES string of the molecule is O=C(O)C1(CCCO)CCC1. The number of carbonyl (C=O) groups is 1. The number of hydrogen-bond donors (Lipinski definition) is 2. The molecular formula is C8H14O3. The molecule has 0 radical (unpaired) electrons. The molecule has 0 heterocycles. The van der Waals surface area contributed by atoms with Crippen molar-refractivity contribution in [1.29, 1.82) is 0 Å². The minimum absolute atomic E-state index is 0.106. The number of rotatable bonds is 4. The van der Waals surface area contributed by atoms with Gasteiger partial charge in [0.05, 0.1) is 5.41 Å². The molecule has 0 bridgehead atoms. The smallest absolute Gasteiger partial charge is 0.309 e. The Labute approximate surface area is 66.0 Å². The Morgan fingerprint density at radius 2 is 2.09 bits per heavy atom. The summed E-state index contributed by atoms with van der Waals surface area (Å²) in [6.07, 6.45) is 3.87. The lowest BCUT2D eigenvalue weighted by Crippen LogP contribution is -2.37. The molecule has 0 atom stereocenters. The Hall–Kier alpha value is -0.570. The summed E-state index contributed by atoms with van der Waals surface area (Å²) < 4.78 is 0.